The quantitative estimate of drug-likeness (QED) is 0.742. The van der Waals surface area contributed by atoms with Gasteiger partial charge in [0.05, 0.1) is 7.11 Å². The first kappa shape index (κ1) is 15.6. The van der Waals surface area contributed by atoms with Gasteiger partial charge < -0.3 is 19.9 Å². The third kappa shape index (κ3) is 3.73. The second-order valence-corrected chi connectivity index (χ2v) is 5.21. The van der Waals surface area contributed by atoms with Crippen molar-refractivity contribution in [2.45, 2.75) is 6.92 Å². The molecule has 1 heterocycles. The Bertz CT molecular complexity index is 841. The second kappa shape index (κ2) is 6.87. The minimum Gasteiger partial charge on any atom is -0.497 e. The molecule has 0 spiro atoms. The summed E-state index contributed by atoms with van der Waals surface area (Å²) in [5.74, 6) is 1.83. The van der Waals surface area contributed by atoms with Crippen molar-refractivity contribution in [1.29, 1.82) is 0 Å². The Morgan fingerprint density at radius 1 is 1.08 bits per heavy atom. The largest absolute Gasteiger partial charge is 0.497 e. The summed E-state index contributed by atoms with van der Waals surface area (Å²) in [6.45, 7) is 1.83. The molecule has 24 heavy (non-hydrogen) atoms. The lowest BCUT2D eigenvalue weighted by molar-refractivity contribution is 0.102. The van der Waals surface area contributed by atoms with Crippen LogP contribution >= 0.6 is 0 Å². The molecule has 0 saturated heterocycles. The number of nitrogens with zero attached hydrogens (tertiary/aromatic N) is 1. The third-order valence-electron chi connectivity index (χ3n) is 3.38. The van der Waals surface area contributed by atoms with Crippen LogP contribution in [0.3, 0.4) is 0 Å². The molecule has 2 aromatic carbocycles. The van der Waals surface area contributed by atoms with Crippen molar-refractivity contribution in [3.63, 3.8) is 0 Å². The molecule has 3 rings (SSSR count). The molecule has 2 N–H and O–H groups in total. The number of amides is 1. The van der Waals surface area contributed by atoms with Gasteiger partial charge >= 0.3 is 0 Å². The summed E-state index contributed by atoms with van der Waals surface area (Å²) >= 11 is 0. The zero-order chi connectivity index (χ0) is 16.9. The van der Waals surface area contributed by atoms with E-state index in [1.165, 1.54) is 0 Å². The number of carbonyl (C=O) groups excluding carboxylic acids is 1. The molecule has 0 aliphatic heterocycles. The molecule has 6 nitrogen and oxygen atoms in total. The Balaban J connectivity index is 1.66. The van der Waals surface area contributed by atoms with E-state index >= 15 is 0 Å². The predicted molar refractivity (Wildman–Crippen MR) is 91.9 cm³/mol. The number of ether oxygens (including phenoxy) is 1. The van der Waals surface area contributed by atoms with Crippen molar-refractivity contribution >= 4 is 23.1 Å². The smallest absolute Gasteiger partial charge is 0.255 e. The Kier molecular flexibility index (Phi) is 4.47. The molecule has 3 aromatic rings. The van der Waals surface area contributed by atoms with Crippen molar-refractivity contribution in [1.82, 2.24) is 5.16 Å². The van der Waals surface area contributed by atoms with Crippen LogP contribution in [0.5, 0.6) is 5.75 Å². The maximum absolute atomic E-state index is 12.3. The lowest BCUT2D eigenvalue weighted by atomic mass is 10.2. The number of anilines is 3. The Morgan fingerprint density at radius 3 is 2.50 bits per heavy atom. The van der Waals surface area contributed by atoms with Gasteiger partial charge in [-0.15, -0.1) is 0 Å². The van der Waals surface area contributed by atoms with Gasteiger partial charge in [-0.2, -0.15) is 0 Å². The van der Waals surface area contributed by atoms with Gasteiger partial charge in [-0.1, -0.05) is 11.2 Å². The minimum atomic E-state index is -0.193. The van der Waals surface area contributed by atoms with E-state index < -0.39 is 0 Å². The number of hydrogen-bond acceptors (Lipinski definition) is 5. The summed E-state index contributed by atoms with van der Waals surface area (Å²) in [6, 6.07) is 16.1. The van der Waals surface area contributed by atoms with Crippen LogP contribution in [0.15, 0.2) is 59.1 Å². The molecule has 1 aromatic heterocycles. The lowest BCUT2D eigenvalue weighted by Crippen LogP contribution is -2.11. The normalized spacial score (nSPS) is 10.2. The van der Waals surface area contributed by atoms with E-state index in [2.05, 4.69) is 15.8 Å². The molecule has 0 radical (unpaired) electrons. The van der Waals surface area contributed by atoms with E-state index in [4.69, 9.17) is 9.26 Å². The highest BCUT2D eigenvalue weighted by Gasteiger charge is 2.07. The summed E-state index contributed by atoms with van der Waals surface area (Å²) in [6.07, 6.45) is 0. The summed E-state index contributed by atoms with van der Waals surface area (Å²) in [7, 11) is 1.57. The number of hydrogen-bond donors (Lipinski definition) is 2. The molecular weight excluding hydrogens is 306 g/mol. The number of nitrogens with one attached hydrogen (secondary N) is 2. The molecule has 0 fully saturated rings. The molecule has 0 unspecified atom stereocenters. The van der Waals surface area contributed by atoms with Gasteiger partial charge in [0.2, 0.25) is 0 Å². The number of methoxy groups -OCH3 is 1. The van der Waals surface area contributed by atoms with Gasteiger partial charge in [0.25, 0.3) is 5.91 Å². The highest BCUT2D eigenvalue weighted by molar-refractivity contribution is 6.04. The van der Waals surface area contributed by atoms with E-state index in [-0.39, 0.29) is 5.91 Å². The SMILES string of the molecule is COc1cccc(C(=O)Nc2ccc(Nc3cc(C)on3)cc2)c1. The monoisotopic (exact) mass is 323 g/mol. The standard InChI is InChI=1S/C18H17N3O3/c1-12-10-17(21-24-12)19-14-6-8-15(9-7-14)20-18(22)13-4-3-5-16(11-13)23-2/h3-11H,1-2H3,(H,19,21)(H,20,22). The minimum absolute atomic E-state index is 0.193. The van der Waals surface area contributed by atoms with Crippen LogP contribution in [-0.2, 0) is 0 Å². The van der Waals surface area contributed by atoms with Gasteiger partial charge in [0, 0.05) is 23.0 Å². The van der Waals surface area contributed by atoms with Gasteiger partial charge in [-0.25, -0.2) is 0 Å². The van der Waals surface area contributed by atoms with Crippen LogP contribution in [0.25, 0.3) is 0 Å². The van der Waals surface area contributed by atoms with Crippen LogP contribution in [-0.4, -0.2) is 18.2 Å². The van der Waals surface area contributed by atoms with Crippen molar-refractivity contribution in [3.05, 3.63) is 65.9 Å². The lowest BCUT2D eigenvalue weighted by Gasteiger charge is -2.08. The van der Waals surface area contributed by atoms with E-state index in [1.807, 2.05) is 31.2 Å². The Morgan fingerprint density at radius 2 is 1.83 bits per heavy atom. The number of aryl methyl sites for hydroxylation is 1. The maximum atomic E-state index is 12.3. The van der Waals surface area contributed by atoms with Gasteiger partial charge in [0.1, 0.15) is 11.5 Å². The molecular formula is C18H17N3O3. The van der Waals surface area contributed by atoms with Crippen LogP contribution in [0.1, 0.15) is 16.1 Å². The van der Waals surface area contributed by atoms with E-state index in [0.717, 1.165) is 11.4 Å². The van der Waals surface area contributed by atoms with Gasteiger partial charge in [-0.3, -0.25) is 4.79 Å². The van der Waals surface area contributed by atoms with Crippen LogP contribution in [0.2, 0.25) is 0 Å². The van der Waals surface area contributed by atoms with Gasteiger partial charge in [0.15, 0.2) is 5.82 Å². The number of rotatable bonds is 5. The molecule has 0 saturated carbocycles. The molecule has 0 aliphatic rings. The fraction of sp³-hybridized carbons (Fsp3) is 0.111. The highest BCUT2D eigenvalue weighted by Crippen LogP contribution is 2.20. The van der Waals surface area contributed by atoms with Gasteiger partial charge in [-0.05, 0) is 49.4 Å². The van der Waals surface area contributed by atoms with Crippen LogP contribution in [0, 0.1) is 6.92 Å². The van der Waals surface area contributed by atoms with Crippen LogP contribution in [0.4, 0.5) is 17.2 Å². The summed E-state index contributed by atoms with van der Waals surface area (Å²) in [5.41, 5.74) is 2.09. The maximum Gasteiger partial charge on any atom is 0.255 e. The number of carbonyl (C=O) groups is 1. The average molecular weight is 323 g/mol. The zero-order valence-corrected chi connectivity index (χ0v) is 13.4. The molecule has 6 heteroatoms. The molecule has 0 aliphatic carbocycles. The molecule has 0 atom stereocenters. The van der Waals surface area contributed by atoms with Crippen molar-refractivity contribution in [2.24, 2.45) is 0 Å². The Labute approximate surface area is 139 Å². The highest BCUT2D eigenvalue weighted by atomic mass is 16.5. The molecule has 122 valence electrons. The van der Waals surface area contributed by atoms with E-state index in [1.54, 1.807) is 37.4 Å². The first-order chi connectivity index (χ1) is 11.6. The van der Waals surface area contributed by atoms with Crippen molar-refractivity contribution < 1.29 is 14.1 Å². The van der Waals surface area contributed by atoms with E-state index in [9.17, 15) is 4.79 Å². The predicted octanol–water partition coefficient (Wildman–Crippen LogP) is 3.99. The van der Waals surface area contributed by atoms with E-state index in [0.29, 0.717) is 22.8 Å². The van der Waals surface area contributed by atoms with Crippen molar-refractivity contribution in [2.75, 3.05) is 17.7 Å². The zero-order valence-electron chi connectivity index (χ0n) is 13.4. The summed E-state index contributed by atoms with van der Waals surface area (Å²) < 4.78 is 10.1. The van der Waals surface area contributed by atoms with Crippen molar-refractivity contribution in [3.8, 4) is 5.75 Å². The second-order valence-electron chi connectivity index (χ2n) is 5.21. The number of aromatic nitrogens is 1. The molecule has 0 bridgehead atoms. The number of benzene rings is 2. The fourth-order valence-electron chi connectivity index (χ4n) is 2.18. The summed E-state index contributed by atoms with van der Waals surface area (Å²) in [4.78, 5) is 12.3. The van der Waals surface area contributed by atoms with Crippen LogP contribution < -0.4 is 15.4 Å². The fourth-order valence-corrected chi connectivity index (χ4v) is 2.18. The molecule has 1 amide bonds. The average Bonchev–Trinajstić information content (AvgIpc) is 3.01. The topological polar surface area (TPSA) is 76.4 Å². The summed E-state index contributed by atoms with van der Waals surface area (Å²) in [5, 5.41) is 9.84. The first-order valence-electron chi connectivity index (χ1n) is 7.40. The first-order valence-corrected chi connectivity index (χ1v) is 7.40. The third-order valence-corrected chi connectivity index (χ3v) is 3.38. The Hall–Kier alpha value is -3.28.